The van der Waals surface area contributed by atoms with Gasteiger partial charge in [0, 0.05) is 12.2 Å². The van der Waals surface area contributed by atoms with Crippen LogP contribution in [0.1, 0.15) is 12.5 Å². The quantitative estimate of drug-likeness (QED) is 0.891. The van der Waals surface area contributed by atoms with E-state index in [4.69, 9.17) is 16.9 Å². The van der Waals surface area contributed by atoms with Crippen molar-refractivity contribution < 1.29 is 0 Å². The first-order chi connectivity index (χ1) is 9.21. The molecule has 1 aromatic heterocycles. The van der Waals surface area contributed by atoms with Crippen LogP contribution >= 0.6 is 11.6 Å². The molecule has 1 aromatic carbocycles. The van der Waals surface area contributed by atoms with Crippen LogP contribution in [0.5, 0.6) is 0 Å². The third-order valence-corrected chi connectivity index (χ3v) is 2.38. The lowest BCUT2D eigenvalue weighted by molar-refractivity contribution is 1.02. The number of aromatic nitrogens is 3. The van der Waals surface area contributed by atoms with Crippen LogP contribution in [0, 0.1) is 11.3 Å². The van der Waals surface area contributed by atoms with E-state index in [1.54, 1.807) is 24.3 Å². The van der Waals surface area contributed by atoms with Crippen molar-refractivity contribution in [1.29, 1.82) is 5.26 Å². The fraction of sp³-hybridized carbons (Fsp3) is 0.167. The summed E-state index contributed by atoms with van der Waals surface area (Å²) in [5.41, 5.74) is 1.36. The average Bonchev–Trinajstić information content (AvgIpc) is 2.39. The average molecular weight is 275 g/mol. The Morgan fingerprint density at radius 2 is 1.84 bits per heavy atom. The molecule has 1 heterocycles. The Bertz CT molecular complexity index is 605. The zero-order valence-electron chi connectivity index (χ0n) is 10.2. The maximum atomic E-state index is 8.72. The molecule has 0 amide bonds. The maximum absolute atomic E-state index is 8.72. The highest BCUT2D eigenvalue weighted by molar-refractivity contribution is 6.28. The normalized spacial score (nSPS) is 9.74. The highest BCUT2D eigenvalue weighted by Crippen LogP contribution is 2.16. The molecule has 7 heteroatoms. The van der Waals surface area contributed by atoms with Crippen molar-refractivity contribution in [2.75, 3.05) is 17.2 Å². The van der Waals surface area contributed by atoms with Gasteiger partial charge in [0.05, 0.1) is 11.6 Å². The van der Waals surface area contributed by atoms with Crippen LogP contribution in [0.15, 0.2) is 24.3 Å². The Labute approximate surface area is 115 Å². The monoisotopic (exact) mass is 274 g/mol. The van der Waals surface area contributed by atoms with E-state index in [9.17, 15) is 0 Å². The number of nitrogens with zero attached hydrogens (tertiary/aromatic N) is 4. The summed E-state index contributed by atoms with van der Waals surface area (Å²) in [5, 5.41) is 14.8. The Hall–Kier alpha value is -2.39. The van der Waals surface area contributed by atoms with Gasteiger partial charge in [-0.05, 0) is 42.8 Å². The van der Waals surface area contributed by atoms with Gasteiger partial charge in [0.1, 0.15) is 0 Å². The van der Waals surface area contributed by atoms with Crippen LogP contribution in [0.2, 0.25) is 5.28 Å². The van der Waals surface area contributed by atoms with E-state index >= 15 is 0 Å². The number of nitriles is 1. The van der Waals surface area contributed by atoms with Gasteiger partial charge in [-0.15, -0.1) is 0 Å². The molecule has 0 spiro atoms. The number of hydrogen-bond acceptors (Lipinski definition) is 6. The van der Waals surface area contributed by atoms with E-state index < -0.39 is 0 Å². The summed E-state index contributed by atoms with van der Waals surface area (Å²) in [6, 6.07) is 9.00. The first kappa shape index (κ1) is 13.1. The standard InChI is InChI=1S/C12H11ClN6/c1-2-15-11-17-10(13)18-12(19-11)16-9-5-3-8(7-14)4-6-9/h3-6H,2H2,1H3,(H2,15,16,17,18,19). The van der Waals surface area contributed by atoms with Gasteiger partial charge in [0.25, 0.3) is 0 Å². The van der Waals surface area contributed by atoms with Crippen LogP contribution in [0.3, 0.4) is 0 Å². The molecule has 0 aliphatic rings. The molecule has 0 saturated carbocycles. The molecule has 0 bridgehead atoms. The lowest BCUT2D eigenvalue weighted by atomic mass is 10.2. The SMILES string of the molecule is CCNc1nc(Cl)nc(Nc2ccc(C#N)cc2)n1. The smallest absolute Gasteiger partial charge is 0.233 e. The van der Waals surface area contributed by atoms with Crippen LogP contribution < -0.4 is 10.6 Å². The minimum Gasteiger partial charge on any atom is -0.354 e. The van der Waals surface area contributed by atoms with Crippen molar-refractivity contribution in [2.24, 2.45) is 0 Å². The molecule has 0 aliphatic carbocycles. The van der Waals surface area contributed by atoms with Gasteiger partial charge in [0.2, 0.25) is 17.2 Å². The Kier molecular flexibility index (Phi) is 4.11. The lowest BCUT2D eigenvalue weighted by Crippen LogP contribution is -2.06. The number of rotatable bonds is 4. The Morgan fingerprint density at radius 1 is 1.16 bits per heavy atom. The first-order valence-electron chi connectivity index (χ1n) is 5.64. The molecular formula is C12H11ClN6. The van der Waals surface area contributed by atoms with E-state index in [-0.39, 0.29) is 5.28 Å². The van der Waals surface area contributed by atoms with Crippen molar-refractivity contribution in [3.05, 3.63) is 35.1 Å². The minimum atomic E-state index is 0.113. The van der Waals surface area contributed by atoms with E-state index in [0.29, 0.717) is 24.0 Å². The van der Waals surface area contributed by atoms with E-state index in [1.165, 1.54) is 0 Å². The summed E-state index contributed by atoms with van der Waals surface area (Å²) >= 11 is 5.81. The molecule has 96 valence electrons. The Morgan fingerprint density at radius 3 is 2.47 bits per heavy atom. The highest BCUT2D eigenvalue weighted by Gasteiger charge is 2.04. The van der Waals surface area contributed by atoms with Crippen molar-refractivity contribution in [1.82, 2.24) is 15.0 Å². The van der Waals surface area contributed by atoms with Crippen molar-refractivity contribution in [3.8, 4) is 6.07 Å². The molecule has 0 saturated heterocycles. The molecule has 0 unspecified atom stereocenters. The summed E-state index contributed by atoms with van der Waals surface area (Å²) in [7, 11) is 0. The molecule has 2 aromatic rings. The third-order valence-electron chi connectivity index (χ3n) is 2.21. The van der Waals surface area contributed by atoms with Crippen molar-refractivity contribution >= 4 is 29.2 Å². The van der Waals surface area contributed by atoms with Crippen LogP contribution in [0.4, 0.5) is 17.6 Å². The van der Waals surface area contributed by atoms with E-state index in [2.05, 4.69) is 31.7 Å². The second-order valence-corrected chi connectivity index (χ2v) is 3.93. The fourth-order valence-corrected chi connectivity index (χ4v) is 1.56. The number of anilines is 3. The van der Waals surface area contributed by atoms with Gasteiger partial charge < -0.3 is 10.6 Å². The molecule has 0 aliphatic heterocycles. The molecule has 0 atom stereocenters. The number of benzene rings is 1. The van der Waals surface area contributed by atoms with Crippen LogP contribution in [-0.2, 0) is 0 Å². The van der Waals surface area contributed by atoms with Gasteiger partial charge in [-0.2, -0.15) is 20.2 Å². The predicted octanol–water partition coefficient (Wildman–Crippen LogP) is 2.57. The second kappa shape index (κ2) is 5.98. The first-order valence-corrected chi connectivity index (χ1v) is 6.01. The summed E-state index contributed by atoms with van der Waals surface area (Å²) in [6.45, 7) is 2.63. The van der Waals surface area contributed by atoms with Crippen LogP contribution in [-0.4, -0.2) is 21.5 Å². The summed E-state index contributed by atoms with van der Waals surface area (Å²) in [4.78, 5) is 12.1. The maximum Gasteiger partial charge on any atom is 0.233 e. The summed E-state index contributed by atoms with van der Waals surface area (Å²) in [5.74, 6) is 0.763. The molecule has 6 nitrogen and oxygen atoms in total. The summed E-state index contributed by atoms with van der Waals surface area (Å²) in [6.07, 6.45) is 0. The molecular weight excluding hydrogens is 264 g/mol. The van der Waals surface area contributed by atoms with Crippen molar-refractivity contribution in [2.45, 2.75) is 6.92 Å². The highest BCUT2D eigenvalue weighted by atomic mass is 35.5. The van der Waals surface area contributed by atoms with Crippen LogP contribution in [0.25, 0.3) is 0 Å². The topological polar surface area (TPSA) is 86.5 Å². The zero-order chi connectivity index (χ0) is 13.7. The van der Waals surface area contributed by atoms with E-state index in [0.717, 1.165) is 5.69 Å². The lowest BCUT2D eigenvalue weighted by Gasteiger charge is -2.07. The molecule has 0 fully saturated rings. The molecule has 2 rings (SSSR count). The fourth-order valence-electron chi connectivity index (χ4n) is 1.40. The van der Waals surface area contributed by atoms with Gasteiger partial charge in [-0.3, -0.25) is 0 Å². The zero-order valence-corrected chi connectivity index (χ0v) is 10.9. The minimum absolute atomic E-state index is 0.113. The molecule has 2 N–H and O–H groups in total. The van der Waals surface area contributed by atoms with Gasteiger partial charge >= 0.3 is 0 Å². The van der Waals surface area contributed by atoms with Gasteiger partial charge in [0.15, 0.2) is 0 Å². The predicted molar refractivity (Wildman–Crippen MR) is 73.4 cm³/mol. The van der Waals surface area contributed by atoms with Gasteiger partial charge in [-0.1, -0.05) is 0 Å². The third kappa shape index (κ3) is 3.53. The number of halogens is 1. The Balaban J connectivity index is 2.20. The molecule has 19 heavy (non-hydrogen) atoms. The number of hydrogen-bond donors (Lipinski definition) is 2. The van der Waals surface area contributed by atoms with E-state index in [1.807, 2.05) is 6.92 Å². The largest absolute Gasteiger partial charge is 0.354 e. The van der Waals surface area contributed by atoms with Crippen molar-refractivity contribution in [3.63, 3.8) is 0 Å². The van der Waals surface area contributed by atoms with Gasteiger partial charge in [-0.25, -0.2) is 0 Å². The summed E-state index contributed by atoms with van der Waals surface area (Å²) < 4.78 is 0. The number of nitrogens with one attached hydrogen (secondary N) is 2. The second-order valence-electron chi connectivity index (χ2n) is 3.60. The molecule has 0 radical (unpaired) electrons.